The van der Waals surface area contributed by atoms with Gasteiger partial charge in [-0.25, -0.2) is 26.9 Å². The Morgan fingerprint density at radius 3 is 2.46 bits per heavy atom. The third-order valence-electron chi connectivity index (χ3n) is 3.75. The van der Waals surface area contributed by atoms with E-state index in [4.69, 9.17) is 0 Å². The Labute approximate surface area is 154 Å². The number of sulfonamides is 1. The molecule has 8 heteroatoms. The smallest absolute Gasteiger partial charge is 0.241 e. The minimum absolute atomic E-state index is 0.128. The molecule has 3 aromatic rings. The summed E-state index contributed by atoms with van der Waals surface area (Å²) in [4.78, 5) is 5.01. The summed E-state index contributed by atoms with van der Waals surface area (Å²) in [5, 5.41) is 0.745. The van der Waals surface area contributed by atoms with Crippen LogP contribution < -0.4 is 4.72 Å². The predicted molar refractivity (Wildman–Crippen MR) is 97.5 cm³/mol. The number of nitrogens with zero attached hydrogens (tertiary/aromatic N) is 1. The van der Waals surface area contributed by atoms with Crippen LogP contribution in [0.3, 0.4) is 0 Å². The summed E-state index contributed by atoms with van der Waals surface area (Å²) in [7, 11) is -3.91. The highest BCUT2D eigenvalue weighted by Crippen LogP contribution is 2.28. The fourth-order valence-corrected chi connectivity index (χ4v) is 4.59. The van der Waals surface area contributed by atoms with E-state index in [1.54, 1.807) is 12.1 Å². The van der Waals surface area contributed by atoms with E-state index in [0.717, 1.165) is 27.2 Å². The maximum absolute atomic E-state index is 13.7. The van der Waals surface area contributed by atoms with Crippen LogP contribution in [0.25, 0.3) is 10.6 Å². The lowest BCUT2D eigenvalue weighted by molar-refractivity contribution is 0.557. The molecule has 136 valence electrons. The van der Waals surface area contributed by atoms with Gasteiger partial charge in [0.2, 0.25) is 10.0 Å². The second-order valence-corrected chi connectivity index (χ2v) is 8.43. The van der Waals surface area contributed by atoms with E-state index in [1.165, 1.54) is 41.7 Å². The summed E-state index contributed by atoms with van der Waals surface area (Å²) in [5.41, 5.74) is 1.59. The molecule has 0 aliphatic carbocycles. The maximum Gasteiger partial charge on any atom is 0.243 e. The number of nitrogens with one attached hydrogen (secondary N) is 1. The van der Waals surface area contributed by atoms with Crippen molar-refractivity contribution < 1.29 is 17.2 Å². The van der Waals surface area contributed by atoms with Crippen LogP contribution in [-0.2, 0) is 16.4 Å². The maximum atomic E-state index is 13.7. The Kier molecular flexibility index (Phi) is 5.45. The lowest BCUT2D eigenvalue weighted by Crippen LogP contribution is -2.26. The molecule has 1 aromatic heterocycles. The largest absolute Gasteiger partial charge is 0.243 e. The molecular weight excluding hydrogens is 378 g/mol. The molecule has 1 heterocycles. The van der Waals surface area contributed by atoms with Crippen LogP contribution in [0.15, 0.2) is 53.4 Å². The van der Waals surface area contributed by atoms with Gasteiger partial charge in [0.15, 0.2) is 0 Å². The van der Waals surface area contributed by atoms with Crippen LogP contribution in [0, 0.1) is 18.6 Å². The number of aryl methyl sites for hydroxylation is 1. The van der Waals surface area contributed by atoms with E-state index in [2.05, 4.69) is 9.71 Å². The first-order valence-corrected chi connectivity index (χ1v) is 10.1. The molecule has 26 heavy (non-hydrogen) atoms. The summed E-state index contributed by atoms with van der Waals surface area (Å²) < 4.78 is 53.5. The summed E-state index contributed by atoms with van der Waals surface area (Å²) in [5.74, 6) is -1.10. The lowest BCUT2D eigenvalue weighted by atomic mass is 10.2. The number of halogens is 2. The van der Waals surface area contributed by atoms with Crippen molar-refractivity contribution in [3.8, 4) is 10.6 Å². The minimum Gasteiger partial charge on any atom is -0.241 e. The monoisotopic (exact) mass is 394 g/mol. The Bertz CT molecular complexity index is 1020. The van der Waals surface area contributed by atoms with Gasteiger partial charge in [0.1, 0.15) is 21.5 Å². The van der Waals surface area contributed by atoms with E-state index in [-0.39, 0.29) is 17.3 Å². The molecule has 0 aliphatic heterocycles. The van der Waals surface area contributed by atoms with E-state index in [9.17, 15) is 17.2 Å². The molecule has 0 atom stereocenters. The van der Waals surface area contributed by atoms with Crippen LogP contribution in [0.2, 0.25) is 0 Å². The number of aromatic nitrogens is 1. The molecule has 0 saturated heterocycles. The van der Waals surface area contributed by atoms with E-state index in [1.807, 2.05) is 6.92 Å². The molecule has 0 spiro atoms. The van der Waals surface area contributed by atoms with Crippen LogP contribution in [0.5, 0.6) is 0 Å². The first kappa shape index (κ1) is 18.6. The van der Waals surface area contributed by atoms with E-state index >= 15 is 0 Å². The third kappa shape index (κ3) is 4.14. The van der Waals surface area contributed by atoms with Crippen LogP contribution in [0.4, 0.5) is 8.78 Å². The SMILES string of the molecule is Cc1nc(-c2ccc(F)cc2)sc1CCNS(=O)(=O)c1ccccc1F. The lowest BCUT2D eigenvalue weighted by Gasteiger charge is -2.07. The zero-order valence-electron chi connectivity index (χ0n) is 13.9. The first-order chi connectivity index (χ1) is 12.4. The molecule has 2 aromatic carbocycles. The van der Waals surface area contributed by atoms with Gasteiger partial charge in [0.25, 0.3) is 0 Å². The first-order valence-electron chi connectivity index (χ1n) is 7.83. The molecule has 0 unspecified atom stereocenters. The van der Waals surface area contributed by atoms with Crippen molar-refractivity contribution >= 4 is 21.4 Å². The van der Waals surface area contributed by atoms with Gasteiger partial charge in [-0.2, -0.15) is 0 Å². The summed E-state index contributed by atoms with van der Waals surface area (Å²) in [6.07, 6.45) is 0.429. The molecule has 0 saturated carbocycles. The number of rotatable bonds is 6. The van der Waals surface area contributed by atoms with Crippen LogP contribution >= 0.6 is 11.3 Å². The number of hydrogen-bond donors (Lipinski definition) is 1. The summed E-state index contributed by atoms with van der Waals surface area (Å²) in [6.45, 7) is 1.97. The van der Waals surface area contributed by atoms with Crippen LogP contribution in [-0.4, -0.2) is 19.9 Å². The quantitative estimate of drug-likeness (QED) is 0.689. The molecule has 4 nitrogen and oxygen atoms in total. The predicted octanol–water partition coefficient (Wildman–Crippen LogP) is 3.92. The molecule has 0 fully saturated rings. The van der Waals surface area contributed by atoms with Gasteiger partial charge in [-0.1, -0.05) is 12.1 Å². The van der Waals surface area contributed by atoms with Gasteiger partial charge >= 0.3 is 0 Å². The van der Waals surface area contributed by atoms with E-state index < -0.39 is 15.8 Å². The van der Waals surface area contributed by atoms with Crippen molar-refractivity contribution in [3.63, 3.8) is 0 Å². The zero-order valence-corrected chi connectivity index (χ0v) is 15.5. The van der Waals surface area contributed by atoms with Gasteiger partial charge in [0, 0.05) is 17.0 Å². The second-order valence-electron chi connectivity index (χ2n) is 5.61. The Hall–Kier alpha value is -2.16. The topological polar surface area (TPSA) is 59.1 Å². The van der Waals surface area contributed by atoms with Gasteiger partial charge in [-0.15, -0.1) is 11.3 Å². The minimum atomic E-state index is -3.91. The summed E-state index contributed by atoms with van der Waals surface area (Å²) >= 11 is 1.43. The van der Waals surface area contributed by atoms with Crippen molar-refractivity contribution in [3.05, 3.63) is 70.7 Å². The standard InChI is InChI=1S/C18H16F2N2O2S2/c1-12-16(25-18(22-12)13-6-8-14(19)9-7-13)10-11-21-26(23,24)17-5-3-2-4-15(17)20/h2-9,21H,10-11H2,1H3. The zero-order chi connectivity index (χ0) is 18.7. The highest BCUT2D eigenvalue weighted by molar-refractivity contribution is 7.89. The molecule has 3 rings (SSSR count). The van der Waals surface area contributed by atoms with Gasteiger partial charge < -0.3 is 0 Å². The third-order valence-corrected chi connectivity index (χ3v) is 6.51. The Balaban J connectivity index is 1.69. The average Bonchev–Trinajstić information content (AvgIpc) is 2.96. The molecule has 0 amide bonds. The average molecular weight is 394 g/mol. The van der Waals surface area contributed by atoms with Gasteiger partial charge in [-0.05, 0) is 49.7 Å². The van der Waals surface area contributed by atoms with Crippen molar-refractivity contribution in [2.75, 3.05) is 6.54 Å². The van der Waals surface area contributed by atoms with Crippen molar-refractivity contribution in [2.24, 2.45) is 0 Å². The van der Waals surface area contributed by atoms with E-state index in [0.29, 0.717) is 6.42 Å². The second kappa shape index (κ2) is 7.61. The molecular formula is C18H16F2N2O2S2. The van der Waals surface area contributed by atoms with Gasteiger partial charge in [0.05, 0.1) is 5.69 Å². The van der Waals surface area contributed by atoms with Gasteiger partial charge in [-0.3, -0.25) is 0 Å². The van der Waals surface area contributed by atoms with Crippen molar-refractivity contribution in [2.45, 2.75) is 18.2 Å². The van der Waals surface area contributed by atoms with Crippen LogP contribution in [0.1, 0.15) is 10.6 Å². The van der Waals surface area contributed by atoms with Crippen molar-refractivity contribution in [1.29, 1.82) is 0 Å². The molecule has 0 bridgehead atoms. The highest BCUT2D eigenvalue weighted by Gasteiger charge is 2.18. The Morgan fingerprint density at radius 2 is 1.77 bits per heavy atom. The number of benzene rings is 2. The normalized spacial score (nSPS) is 11.7. The number of hydrogen-bond acceptors (Lipinski definition) is 4. The molecule has 1 N–H and O–H groups in total. The Morgan fingerprint density at radius 1 is 1.08 bits per heavy atom. The number of thiazole rings is 1. The fourth-order valence-electron chi connectivity index (χ4n) is 2.42. The van der Waals surface area contributed by atoms with Crippen molar-refractivity contribution in [1.82, 2.24) is 9.71 Å². The molecule has 0 radical (unpaired) electrons. The molecule has 0 aliphatic rings. The summed E-state index contributed by atoms with van der Waals surface area (Å²) in [6, 6.07) is 11.3. The highest BCUT2D eigenvalue weighted by atomic mass is 32.2. The fraction of sp³-hybridized carbons (Fsp3) is 0.167.